The van der Waals surface area contributed by atoms with Crippen molar-refractivity contribution in [2.75, 3.05) is 13.1 Å². The Kier molecular flexibility index (Phi) is 3.46. The van der Waals surface area contributed by atoms with Crippen LogP contribution in [0.1, 0.15) is 33.6 Å². The number of carbonyl (C=O) groups excluding carboxylic acids is 1. The van der Waals surface area contributed by atoms with Crippen LogP contribution in [-0.2, 0) is 0 Å². The van der Waals surface area contributed by atoms with Gasteiger partial charge in [0.2, 0.25) is 0 Å². The van der Waals surface area contributed by atoms with Gasteiger partial charge in [-0.05, 0) is 25.0 Å². The Bertz CT molecular complexity index is 549. The monoisotopic (exact) mass is 264 g/mol. The molecule has 0 atom stereocenters. The van der Waals surface area contributed by atoms with E-state index in [-0.39, 0.29) is 11.5 Å². The van der Waals surface area contributed by atoms with Crippen molar-refractivity contribution in [1.82, 2.24) is 4.90 Å². The maximum absolute atomic E-state index is 12.1. The maximum atomic E-state index is 12.1. The minimum absolute atomic E-state index is 0.151. The van der Waals surface area contributed by atoms with Gasteiger partial charge in [0.15, 0.2) is 0 Å². The molecule has 1 aliphatic rings. The molecule has 7 heteroatoms. The van der Waals surface area contributed by atoms with Gasteiger partial charge in [-0.3, -0.25) is 14.9 Å². The predicted molar refractivity (Wildman–Crippen MR) is 65.2 cm³/mol. The van der Waals surface area contributed by atoms with E-state index in [4.69, 9.17) is 5.11 Å². The van der Waals surface area contributed by atoms with Gasteiger partial charge in [0.05, 0.1) is 4.92 Å². The Hall–Kier alpha value is -2.44. The molecule has 0 aromatic heterocycles. The van der Waals surface area contributed by atoms with E-state index in [0.29, 0.717) is 13.1 Å². The average molecular weight is 264 g/mol. The smallest absolute Gasteiger partial charge is 0.342 e. The van der Waals surface area contributed by atoms with Gasteiger partial charge in [0.25, 0.3) is 11.6 Å². The Labute approximate surface area is 108 Å². The van der Waals surface area contributed by atoms with Gasteiger partial charge >= 0.3 is 5.97 Å². The second-order valence-electron chi connectivity index (χ2n) is 4.29. The summed E-state index contributed by atoms with van der Waals surface area (Å²) in [7, 11) is 0. The number of rotatable bonds is 3. The van der Waals surface area contributed by atoms with Gasteiger partial charge in [0, 0.05) is 24.7 Å². The zero-order chi connectivity index (χ0) is 14.0. The number of carboxylic acid groups (broad SMARTS) is 1. The number of carboxylic acids is 1. The molecule has 1 aromatic carbocycles. The molecule has 0 radical (unpaired) electrons. The van der Waals surface area contributed by atoms with E-state index in [1.165, 1.54) is 6.07 Å². The van der Waals surface area contributed by atoms with E-state index < -0.39 is 22.1 Å². The second kappa shape index (κ2) is 5.05. The molecule has 1 aromatic rings. The molecule has 2 rings (SSSR count). The zero-order valence-corrected chi connectivity index (χ0v) is 10.0. The molecule has 7 nitrogen and oxygen atoms in total. The largest absolute Gasteiger partial charge is 0.477 e. The standard InChI is InChI=1S/C12H12N2O5/c15-11(13-5-1-2-6-13)8-3-4-9(12(16)17)10(7-8)14(18)19/h3-4,7H,1-2,5-6H2,(H,16,17). The van der Waals surface area contributed by atoms with Crippen LogP contribution in [-0.4, -0.2) is 39.9 Å². The third-order valence-corrected chi connectivity index (χ3v) is 3.07. The molecule has 1 heterocycles. The molecule has 1 fully saturated rings. The Balaban J connectivity index is 2.37. The van der Waals surface area contributed by atoms with Crippen LogP contribution < -0.4 is 0 Å². The topological polar surface area (TPSA) is 101 Å². The second-order valence-corrected chi connectivity index (χ2v) is 4.29. The number of likely N-dealkylation sites (tertiary alicyclic amines) is 1. The van der Waals surface area contributed by atoms with Crippen LogP contribution in [0.5, 0.6) is 0 Å². The lowest BCUT2D eigenvalue weighted by Crippen LogP contribution is -2.27. The normalized spacial score (nSPS) is 14.4. The van der Waals surface area contributed by atoms with Crippen molar-refractivity contribution < 1.29 is 19.6 Å². The highest BCUT2D eigenvalue weighted by Gasteiger charge is 2.25. The Morgan fingerprint density at radius 3 is 2.42 bits per heavy atom. The van der Waals surface area contributed by atoms with Gasteiger partial charge in [-0.15, -0.1) is 0 Å². The van der Waals surface area contributed by atoms with E-state index in [1.54, 1.807) is 4.90 Å². The summed E-state index contributed by atoms with van der Waals surface area (Å²) in [5.74, 6) is -1.68. The van der Waals surface area contributed by atoms with Crippen molar-refractivity contribution in [3.8, 4) is 0 Å². The lowest BCUT2D eigenvalue weighted by atomic mass is 10.1. The number of hydrogen-bond donors (Lipinski definition) is 1. The van der Waals surface area contributed by atoms with Crippen molar-refractivity contribution in [3.63, 3.8) is 0 Å². The molecule has 0 aliphatic carbocycles. The first-order valence-corrected chi connectivity index (χ1v) is 5.81. The number of benzene rings is 1. The third kappa shape index (κ3) is 2.54. The first-order valence-electron chi connectivity index (χ1n) is 5.81. The fourth-order valence-electron chi connectivity index (χ4n) is 2.10. The predicted octanol–water partition coefficient (Wildman–Crippen LogP) is 1.53. The van der Waals surface area contributed by atoms with Gasteiger partial charge < -0.3 is 10.0 Å². The summed E-state index contributed by atoms with van der Waals surface area (Å²) >= 11 is 0. The SMILES string of the molecule is O=C(O)c1ccc(C(=O)N2CCCC2)cc1[N+](=O)[O-]. The van der Waals surface area contributed by atoms with Crippen LogP contribution >= 0.6 is 0 Å². The first-order chi connectivity index (χ1) is 9.00. The van der Waals surface area contributed by atoms with Crippen LogP contribution in [0.3, 0.4) is 0 Å². The van der Waals surface area contributed by atoms with E-state index in [1.807, 2.05) is 0 Å². The number of nitro benzene ring substituents is 1. The summed E-state index contributed by atoms with van der Waals surface area (Å²) in [5.41, 5.74) is -0.820. The summed E-state index contributed by atoms with van der Waals surface area (Å²) in [6.07, 6.45) is 1.84. The molecule has 0 saturated carbocycles. The van der Waals surface area contributed by atoms with Crippen molar-refractivity contribution in [2.45, 2.75) is 12.8 Å². The van der Waals surface area contributed by atoms with Gasteiger partial charge in [0.1, 0.15) is 5.56 Å². The lowest BCUT2D eigenvalue weighted by Gasteiger charge is -2.15. The summed E-state index contributed by atoms with van der Waals surface area (Å²) in [5, 5.41) is 19.7. The summed E-state index contributed by atoms with van der Waals surface area (Å²) in [4.78, 5) is 34.6. The number of nitro groups is 1. The summed E-state index contributed by atoms with van der Waals surface area (Å²) < 4.78 is 0. The molecule has 1 aliphatic heterocycles. The van der Waals surface area contributed by atoms with Gasteiger partial charge in [-0.1, -0.05) is 0 Å². The van der Waals surface area contributed by atoms with E-state index >= 15 is 0 Å². The lowest BCUT2D eigenvalue weighted by molar-refractivity contribution is -0.385. The Morgan fingerprint density at radius 2 is 1.89 bits per heavy atom. The number of amides is 1. The molecule has 0 bridgehead atoms. The van der Waals surface area contributed by atoms with Crippen LogP contribution in [0, 0.1) is 10.1 Å². The molecule has 100 valence electrons. The third-order valence-electron chi connectivity index (χ3n) is 3.07. The average Bonchev–Trinajstić information content (AvgIpc) is 2.90. The fraction of sp³-hybridized carbons (Fsp3) is 0.333. The highest BCUT2D eigenvalue weighted by Crippen LogP contribution is 2.22. The quantitative estimate of drug-likeness (QED) is 0.659. The molecular weight excluding hydrogens is 252 g/mol. The van der Waals surface area contributed by atoms with Crippen LogP contribution in [0.15, 0.2) is 18.2 Å². The molecule has 0 unspecified atom stereocenters. The van der Waals surface area contributed by atoms with Crippen molar-refractivity contribution in [3.05, 3.63) is 39.4 Å². The van der Waals surface area contributed by atoms with Gasteiger partial charge in [-0.25, -0.2) is 4.79 Å². The number of aromatic carboxylic acids is 1. The number of hydrogen-bond acceptors (Lipinski definition) is 4. The van der Waals surface area contributed by atoms with E-state index in [0.717, 1.165) is 25.0 Å². The summed E-state index contributed by atoms with van der Waals surface area (Å²) in [6.45, 7) is 1.26. The first kappa shape index (κ1) is 13.0. The molecule has 1 N–H and O–H groups in total. The van der Waals surface area contributed by atoms with Gasteiger partial charge in [-0.2, -0.15) is 0 Å². The zero-order valence-electron chi connectivity index (χ0n) is 10.0. The highest BCUT2D eigenvalue weighted by atomic mass is 16.6. The van der Waals surface area contributed by atoms with Crippen molar-refractivity contribution >= 4 is 17.6 Å². The highest BCUT2D eigenvalue weighted by molar-refractivity contribution is 5.98. The van der Waals surface area contributed by atoms with Crippen molar-refractivity contribution in [2.24, 2.45) is 0 Å². The minimum atomic E-state index is -1.38. The number of carbonyl (C=O) groups is 2. The maximum Gasteiger partial charge on any atom is 0.342 e. The molecule has 0 spiro atoms. The van der Waals surface area contributed by atoms with Crippen LogP contribution in [0.4, 0.5) is 5.69 Å². The van der Waals surface area contributed by atoms with Crippen LogP contribution in [0.25, 0.3) is 0 Å². The van der Waals surface area contributed by atoms with E-state index in [2.05, 4.69) is 0 Å². The molecule has 19 heavy (non-hydrogen) atoms. The molecule has 1 amide bonds. The van der Waals surface area contributed by atoms with Crippen LogP contribution in [0.2, 0.25) is 0 Å². The fourth-order valence-corrected chi connectivity index (χ4v) is 2.10. The number of nitrogens with zero attached hydrogens (tertiary/aromatic N) is 2. The summed E-state index contributed by atoms with van der Waals surface area (Å²) in [6, 6.07) is 3.45. The molecular formula is C12H12N2O5. The Morgan fingerprint density at radius 1 is 1.26 bits per heavy atom. The van der Waals surface area contributed by atoms with Crippen molar-refractivity contribution in [1.29, 1.82) is 0 Å². The molecule has 1 saturated heterocycles. The minimum Gasteiger partial charge on any atom is -0.477 e. The van der Waals surface area contributed by atoms with E-state index in [9.17, 15) is 19.7 Å².